The first-order valence-electron chi connectivity index (χ1n) is 3.02. The highest BCUT2D eigenvalue weighted by Crippen LogP contribution is 2.08. The molecule has 0 amide bonds. The first-order chi connectivity index (χ1) is 5.89. The zero-order chi connectivity index (χ0) is 10.1. The van der Waals surface area contributed by atoms with Crippen LogP contribution in [-0.2, 0) is 15.6 Å². The molecule has 1 heterocycles. The molecule has 0 spiro atoms. The molecule has 0 aliphatic rings. The van der Waals surface area contributed by atoms with E-state index in [1.165, 1.54) is 0 Å². The molecule has 1 rings (SSSR count). The van der Waals surface area contributed by atoms with E-state index in [0.29, 0.717) is 4.68 Å². The SMILES string of the molecule is O=S(=O)(Cl)c1ncn(CC(F)F)n1. The van der Waals surface area contributed by atoms with Gasteiger partial charge < -0.3 is 0 Å². The highest BCUT2D eigenvalue weighted by atomic mass is 35.7. The molecule has 0 fully saturated rings. The lowest BCUT2D eigenvalue weighted by Gasteiger charge is -1.95. The highest BCUT2D eigenvalue weighted by molar-refractivity contribution is 8.13. The Morgan fingerprint density at radius 2 is 2.23 bits per heavy atom. The first kappa shape index (κ1) is 10.3. The van der Waals surface area contributed by atoms with Crippen LogP contribution in [-0.4, -0.2) is 29.6 Å². The molecule has 0 unspecified atom stereocenters. The summed E-state index contributed by atoms with van der Waals surface area (Å²) in [5, 5.41) is 2.56. The number of aromatic nitrogens is 3. The van der Waals surface area contributed by atoms with Gasteiger partial charge in [0.2, 0.25) is 0 Å². The van der Waals surface area contributed by atoms with Crippen LogP contribution in [0.5, 0.6) is 0 Å². The molecular weight excluding hydrogens is 228 g/mol. The van der Waals surface area contributed by atoms with E-state index in [1.54, 1.807) is 0 Å². The van der Waals surface area contributed by atoms with Crippen LogP contribution in [0, 0.1) is 0 Å². The van der Waals surface area contributed by atoms with Gasteiger partial charge >= 0.3 is 0 Å². The van der Waals surface area contributed by atoms with Crippen LogP contribution in [0.15, 0.2) is 11.5 Å². The van der Waals surface area contributed by atoms with Gasteiger partial charge in [0.25, 0.3) is 20.6 Å². The molecule has 1 aromatic rings. The molecule has 0 aromatic carbocycles. The topological polar surface area (TPSA) is 64.8 Å². The summed E-state index contributed by atoms with van der Waals surface area (Å²) >= 11 is 0. The molecule has 13 heavy (non-hydrogen) atoms. The van der Waals surface area contributed by atoms with Crippen molar-refractivity contribution in [2.45, 2.75) is 18.1 Å². The lowest BCUT2D eigenvalue weighted by Crippen LogP contribution is -2.07. The normalized spacial score (nSPS) is 12.3. The van der Waals surface area contributed by atoms with E-state index in [4.69, 9.17) is 10.7 Å². The Morgan fingerprint density at radius 1 is 1.62 bits per heavy atom. The average molecular weight is 232 g/mol. The number of hydrogen-bond donors (Lipinski definition) is 0. The molecule has 0 aliphatic carbocycles. The molecule has 9 heteroatoms. The molecule has 0 N–H and O–H groups in total. The lowest BCUT2D eigenvalue weighted by atomic mass is 10.7. The third-order valence-corrected chi connectivity index (χ3v) is 2.10. The van der Waals surface area contributed by atoms with Crippen LogP contribution in [0.4, 0.5) is 8.78 Å². The summed E-state index contributed by atoms with van der Waals surface area (Å²) in [6, 6.07) is 0. The van der Waals surface area contributed by atoms with Crippen LogP contribution < -0.4 is 0 Å². The smallest absolute Gasteiger partial charge is 0.246 e. The Labute approximate surface area is 76.8 Å². The van der Waals surface area contributed by atoms with Gasteiger partial charge in [-0.25, -0.2) is 26.9 Å². The summed E-state index contributed by atoms with van der Waals surface area (Å²) in [5.41, 5.74) is 0. The van der Waals surface area contributed by atoms with E-state index >= 15 is 0 Å². The van der Waals surface area contributed by atoms with Crippen LogP contribution in [0.1, 0.15) is 0 Å². The van der Waals surface area contributed by atoms with E-state index in [9.17, 15) is 17.2 Å². The summed E-state index contributed by atoms with van der Waals surface area (Å²) in [5.74, 6) is 0. The standard InChI is InChI=1S/C4H4ClF2N3O2S/c5-13(11,12)4-8-2-10(9-4)1-3(6)7/h2-3H,1H2. The highest BCUT2D eigenvalue weighted by Gasteiger charge is 2.16. The van der Waals surface area contributed by atoms with Gasteiger partial charge in [-0.2, -0.15) is 0 Å². The molecule has 0 radical (unpaired) electrons. The maximum Gasteiger partial charge on any atom is 0.298 e. The second-order valence-corrected chi connectivity index (χ2v) is 4.54. The van der Waals surface area contributed by atoms with Crippen molar-refractivity contribution in [1.82, 2.24) is 14.8 Å². The average Bonchev–Trinajstić information content (AvgIpc) is 2.32. The summed E-state index contributed by atoms with van der Waals surface area (Å²) in [4.78, 5) is 3.24. The molecule has 0 aliphatic heterocycles. The quantitative estimate of drug-likeness (QED) is 0.710. The summed E-state index contributed by atoms with van der Waals surface area (Å²) in [6.07, 6.45) is -1.74. The monoisotopic (exact) mass is 231 g/mol. The molecule has 0 atom stereocenters. The van der Waals surface area contributed by atoms with Gasteiger partial charge in [-0.3, -0.25) is 0 Å². The number of hydrogen-bond acceptors (Lipinski definition) is 4. The fourth-order valence-electron chi connectivity index (χ4n) is 0.619. The van der Waals surface area contributed by atoms with Gasteiger partial charge in [-0.1, -0.05) is 0 Å². The summed E-state index contributed by atoms with van der Waals surface area (Å²) < 4.78 is 45.4. The van der Waals surface area contributed by atoms with E-state index < -0.39 is 27.2 Å². The molecule has 0 saturated heterocycles. The van der Waals surface area contributed by atoms with Gasteiger partial charge in [-0.05, 0) is 0 Å². The number of halogens is 3. The molecular formula is C4H4ClF2N3O2S. The molecule has 1 aromatic heterocycles. The Morgan fingerprint density at radius 3 is 2.62 bits per heavy atom. The van der Waals surface area contributed by atoms with Crippen molar-refractivity contribution >= 4 is 19.7 Å². The lowest BCUT2D eigenvalue weighted by molar-refractivity contribution is 0.121. The molecule has 74 valence electrons. The third kappa shape index (κ3) is 2.88. The van der Waals surface area contributed by atoms with E-state index in [-0.39, 0.29) is 0 Å². The van der Waals surface area contributed by atoms with Gasteiger partial charge in [0, 0.05) is 10.7 Å². The second-order valence-electron chi connectivity index (χ2n) is 2.08. The first-order valence-corrected chi connectivity index (χ1v) is 5.33. The van der Waals surface area contributed by atoms with Gasteiger partial charge in [0.1, 0.15) is 12.9 Å². The number of rotatable bonds is 3. The molecule has 0 bridgehead atoms. The van der Waals surface area contributed by atoms with E-state index in [2.05, 4.69) is 10.1 Å². The van der Waals surface area contributed by atoms with Crippen LogP contribution in [0.25, 0.3) is 0 Å². The van der Waals surface area contributed by atoms with Crippen molar-refractivity contribution in [2.75, 3.05) is 0 Å². The Balaban J connectivity index is 2.88. The van der Waals surface area contributed by atoms with Crippen LogP contribution >= 0.6 is 10.7 Å². The van der Waals surface area contributed by atoms with Crippen molar-refractivity contribution in [3.05, 3.63) is 6.33 Å². The maximum absolute atomic E-state index is 11.8. The van der Waals surface area contributed by atoms with Gasteiger partial charge in [0.15, 0.2) is 0 Å². The molecule has 0 saturated carbocycles. The Hall–Kier alpha value is -0.760. The number of alkyl halides is 2. The Kier molecular flexibility index (Phi) is 2.81. The fourth-order valence-corrected chi connectivity index (χ4v) is 1.21. The van der Waals surface area contributed by atoms with Crippen molar-refractivity contribution in [2.24, 2.45) is 0 Å². The van der Waals surface area contributed by atoms with E-state index in [0.717, 1.165) is 6.33 Å². The third-order valence-electron chi connectivity index (χ3n) is 1.06. The predicted octanol–water partition coefficient (Wildman–Crippen LogP) is 0.471. The number of nitrogens with zero attached hydrogens (tertiary/aromatic N) is 3. The minimum absolute atomic E-state index is 0.671. The molecule has 5 nitrogen and oxygen atoms in total. The zero-order valence-electron chi connectivity index (χ0n) is 6.06. The van der Waals surface area contributed by atoms with Crippen molar-refractivity contribution in [3.8, 4) is 0 Å². The predicted molar refractivity (Wildman–Crippen MR) is 39.1 cm³/mol. The van der Waals surface area contributed by atoms with Crippen molar-refractivity contribution in [1.29, 1.82) is 0 Å². The summed E-state index contributed by atoms with van der Waals surface area (Å²) in [6.45, 7) is -0.709. The zero-order valence-corrected chi connectivity index (χ0v) is 7.63. The van der Waals surface area contributed by atoms with Crippen LogP contribution in [0.2, 0.25) is 0 Å². The largest absolute Gasteiger partial charge is 0.298 e. The second kappa shape index (κ2) is 3.54. The Bertz CT molecular complexity index is 390. The van der Waals surface area contributed by atoms with Crippen molar-refractivity contribution < 1.29 is 17.2 Å². The summed E-state index contributed by atoms with van der Waals surface area (Å²) in [7, 11) is 0.821. The van der Waals surface area contributed by atoms with Gasteiger partial charge in [0.05, 0.1) is 0 Å². The fraction of sp³-hybridized carbons (Fsp3) is 0.500. The van der Waals surface area contributed by atoms with E-state index in [1.807, 2.05) is 0 Å². The van der Waals surface area contributed by atoms with Gasteiger partial charge in [-0.15, -0.1) is 5.10 Å². The van der Waals surface area contributed by atoms with Crippen molar-refractivity contribution in [3.63, 3.8) is 0 Å². The van der Waals surface area contributed by atoms with Crippen LogP contribution in [0.3, 0.4) is 0 Å². The minimum atomic E-state index is -4.03. The maximum atomic E-state index is 11.8. The minimum Gasteiger partial charge on any atom is -0.246 e.